The molecule has 0 fully saturated rings. The summed E-state index contributed by atoms with van der Waals surface area (Å²) in [4.78, 5) is 43.5. The summed E-state index contributed by atoms with van der Waals surface area (Å²) in [6, 6.07) is 6.56. The van der Waals surface area contributed by atoms with Gasteiger partial charge in [0.1, 0.15) is 5.82 Å². The molecule has 0 unspecified atom stereocenters. The average Bonchev–Trinajstić information content (AvgIpc) is 2.55. The van der Waals surface area contributed by atoms with Crippen LogP contribution < -0.4 is 16.2 Å². The number of hydrogen-bond acceptors (Lipinski definition) is 5. The number of halogens is 1. The van der Waals surface area contributed by atoms with Gasteiger partial charge in [-0.3, -0.25) is 14.4 Å². The van der Waals surface area contributed by atoms with E-state index in [1.165, 1.54) is 11.8 Å². The van der Waals surface area contributed by atoms with E-state index in [0.29, 0.717) is 15.9 Å². The van der Waals surface area contributed by atoms with Crippen LogP contribution in [0.4, 0.5) is 11.5 Å². The Labute approximate surface area is 146 Å². The van der Waals surface area contributed by atoms with Gasteiger partial charge < -0.3 is 15.6 Å². The monoisotopic (exact) mass is 364 g/mol. The molecule has 2 aromatic rings. The maximum absolute atomic E-state index is 12.6. The number of rotatable bonds is 3. The maximum Gasteiger partial charge on any atom is 0.257 e. The van der Waals surface area contributed by atoms with Crippen molar-refractivity contribution in [1.29, 1.82) is 0 Å². The van der Waals surface area contributed by atoms with Gasteiger partial charge in [-0.2, -0.15) is 0 Å². The van der Waals surface area contributed by atoms with Gasteiger partial charge in [0.15, 0.2) is 5.16 Å². The molecular formula is C15H13ClN4O3S. The topological polar surface area (TPSA) is 104 Å². The number of carbonyl (C=O) groups excluding carboxylic acids is 2. The summed E-state index contributed by atoms with van der Waals surface area (Å²) >= 11 is 7.05. The molecule has 2 heterocycles. The SMILES string of the molecule is CSc1nc2c(c(=O)[nH]1)[C@H](C(=O)Nc1ccc(Cl)cc1)CC(=O)N2. The fourth-order valence-corrected chi connectivity index (χ4v) is 2.94. The molecule has 3 rings (SSSR count). The van der Waals surface area contributed by atoms with Gasteiger partial charge in [0.2, 0.25) is 11.8 Å². The second kappa shape index (κ2) is 6.66. The number of thioether (sulfide) groups is 1. The molecular weight excluding hydrogens is 352 g/mol. The van der Waals surface area contributed by atoms with Crippen molar-refractivity contribution in [3.05, 3.63) is 45.2 Å². The summed E-state index contributed by atoms with van der Waals surface area (Å²) in [6.45, 7) is 0. The van der Waals surface area contributed by atoms with Crippen LogP contribution in [0.2, 0.25) is 5.02 Å². The fraction of sp³-hybridized carbons (Fsp3) is 0.200. The summed E-state index contributed by atoms with van der Waals surface area (Å²) in [5.41, 5.74) is 0.265. The largest absolute Gasteiger partial charge is 0.326 e. The lowest BCUT2D eigenvalue weighted by Gasteiger charge is -2.23. The predicted octanol–water partition coefficient (Wildman–Crippen LogP) is 2.21. The molecule has 9 heteroatoms. The molecule has 1 aromatic heterocycles. The first-order valence-electron chi connectivity index (χ1n) is 7.02. The molecule has 24 heavy (non-hydrogen) atoms. The van der Waals surface area contributed by atoms with E-state index in [1.54, 1.807) is 30.5 Å². The van der Waals surface area contributed by atoms with Crippen LogP contribution in [0.3, 0.4) is 0 Å². The Kier molecular flexibility index (Phi) is 4.59. The third kappa shape index (κ3) is 3.29. The van der Waals surface area contributed by atoms with Gasteiger partial charge in [-0.1, -0.05) is 23.4 Å². The minimum Gasteiger partial charge on any atom is -0.326 e. The van der Waals surface area contributed by atoms with Gasteiger partial charge in [0.25, 0.3) is 5.56 Å². The van der Waals surface area contributed by atoms with E-state index in [9.17, 15) is 14.4 Å². The molecule has 7 nitrogen and oxygen atoms in total. The minimum absolute atomic E-state index is 0.115. The number of carbonyl (C=O) groups is 2. The molecule has 2 amide bonds. The number of aromatic nitrogens is 2. The lowest BCUT2D eigenvalue weighted by Crippen LogP contribution is -2.36. The molecule has 1 atom stereocenters. The van der Waals surface area contributed by atoms with Crippen molar-refractivity contribution in [2.24, 2.45) is 0 Å². The molecule has 0 saturated heterocycles. The highest BCUT2D eigenvalue weighted by Crippen LogP contribution is 2.30. The van der Waals surface area contributed by atoms with Crippen LogP contribution in [-0.4, -0.2) is 28.0 Å². The smallest absolute Gasteiger partial charge is 0.257 e. The Morgan fingerprint density at radius 1 is 1.33 bits per heavy atom. The molecule has 0 saturated carbocycles. The Morgan fingerprint density at radius 2 is 2.04 bits per heavy atom. The first-order valence-corrected chi connectivity index (χ1v) is 8.62. The number of fused-ring (bicyclic) bond motifs is 1. The summed E-state index contributed by atoms with van der Waals surface area (Å²) in [5.74, 6) is -1.58. The maximum atomic E-state index is 12.6. The van der Waals surface area contributed by atoms with Gasteiger partial charge in [-0.15, -0.1) is 0 Å². The van der Waals surface area contributed by atoms with E-state index in [0.717, 1.165) is 0 Å². The number of anilines is 2. The van der Waals surface area contributed by atoms with Gasteiger partial charge in [0, 0.05) is 17.1 Å². The van der Waals surface area contributed by atoms with Crippen molar-refractivity contribution in [2.75, 3.05) is 16.9 Å². The van der Waals surface area contributed by atoms with Gasteiger partial charge in [-0.25, -0.2) is 4.98 Å². The lowest BCUT2D eigenvalue weighted by molar-refractivity contribution is -0.123. The van der Waals surface area contributed by atoms with Crippen LogP contribution in [0.25, 0.3) is 0 Å². The predicted molar refractivity (Wildman–Crippen MR) is 92.7 cm³/mol. The van der Waals surface area contributed by atoms with Crippen molar-refractivity contribution >= 4 is 46.7 Å². The number of nitrogens with zero attached hydrogens (tertiary/aromatic N) is 1. The molecule has 0 radical (unpaired) electrons. The molecule has 0 bridgehead atoms. The second-order valence-electron chi connectivity index (χ2n) is 5.14. The molecule has 0 spiro atoms. The highest BCUT2D eigenvalue weighted by atomic mass is 35.5. The van der Waals surface area contributed by atoms with Crippen LogP contribution in [0, 0.1) is 0 Å². The second-order valence-corrected chi connectivity index (χ2v) is 6.37. The van der Waals surface area contributed by atoms with Crippen LogP contribution >= 0.6 is 23.4 Å². The first-order chi connectivity index (χ1) is 11.5. The molecule has 1 aliphatic heterocycles. The number of amides is 2. The van der Waals surface area contributed by atoms with E-state index in [4.69, 9.17) is 11.6 Å². The number of aromatic amines is 1. The van der Waals surface area contributed by atoms with E-state index >= 15 is 0 Å². The zero-order chi connectivity index (χ0) is 17.3. The van der Waals surface area contributed by atoms with E-state index in [1.807, 2.05) is 0 Å². The lowest BCUT2D eigenvalue weighted by atomic mass is 9.92. The minimum atomic E-state index is -0.906. The number of H-pyrrole nitrogens is 1. The zero-order valence-corrected chi connectivity index (χ0v) is 14.1. The zero-order valence-electron chi connectivity index (χ0n) is 12.6. The highest BCUT2D eigenvalue weighted by molar-refractivity contribution is 7.98. The number of nitrogens with one attached hydrogen (secondary N) is 3. The van der Waals surface area contributed by atoms with Crippen LogP contribution in [0.15, 0.2) is 34.2 Å². The van der Waals surface area contributed by atoms with E-state index < -0.39 is 17.4 Å². The molecule has 1 aromatic carbocycles. The average molecular weight is 365 g/mol. The van der Waals surface area contributed by atoms with Gasteiger partial charge in [0.05, 0.1) is 11.5 Å². The normalized spacial score (nSPS) is 16.2. The third-order valence-electron chi connectivity index (χ3n) is 3.55. The molecule has 3 N–H and O–H groups in total. The van der Waals surface area contributed by atoms with Crippen LogP contribution in [0.1, 0.15) is 17.9 Å². The fourth-order valence-electron chi connectivity index (χ4n) is 2.43. The Balaban J connectivity index is 1.94. The number of hydrogen-bond donors (Lipinski definition) is 3. The first kappa shape index (κ1) is 16.5. The number of benzene rings is 1. The molecule has 0 aliphatic carbocycles. The molecule has 124 valence electrons. The summed E-state index contributed by atoms with van der Waals surface area (Å²) in [7, 11) is 0. The van der Waals surface area contributed by atoms with Crippen LogP contribution in [-0.2, 0) is 9.59 Å². The van der Waals surface area contributed by atoms with Crippen molar-refractivity contribution in [3.63, 3.8) is 0 Å². The van der Waals surface area contributed by atoms with Gasteiger partial charge in [-0.05, 0) is 30.5 Å². The summed E-state index contributed by atoms with van der Waals surface area (Å²) in [5, 5.41) is 6.16. The Hall–Kier alpha value is -2.32. The van der Waals surface area contributed by atoms with E-state index in [-0.39, 0.29) is 23.7 Å². The summed E-state index contributed by atoms with van der Waals surface area (Å²) < 4.78 is 0. The van der Waals surface area contributed by atoms with Crippen molar-refractivity contribution in [3.8, 4) is 0 Å². The Bertz CT molecular complexity index is 866. The quantitative estimate of drug-likeness (QED) is 0.572. The third-order valence-corrected chi connectivity index (χ3v) is 4.38. The van der Waals surface area contributed by atoms with Crippen molar-refractivity contribution < 1.29 is 9.59 Å². The standard InChI is InChI=1S/C15H13ClN4O3S/c1-24-15-19-12-11(14(23)20-15)9(6-10(21)18-12)13(22)17-8-4-2-7(16)3-5-8/h2-5,9H,6H2,1H3,(H,17,22)(H2,18,19,20,21,23)/t9-/m1/s1. The van der Waals surface area contributed by atoms with Gasteiger partial charge >= 0.3 is 0 Å². The highest BCUT2D eigenvalue weighted by Gasteiger charge is 2.34. The summed E-state index contributed by atoms with van der Waals surface area (Å²) in [6.07, 6.45) is 1.63. The van der Waals surface area contributed by atoms with Crippen molar-refractivity contribution in [2.45, 2.75) is 17.5 Å². The Morgan fingerprint density at radius 3 is 2.71 bits per heavy atom. The molecule has 1 aliphatic rings. The van der Waals surface area contributed by atoms with Crippen molar-refractivity contribution in [1.82, 2.24) is 9.97 Å². The van der Waals surface area contributed by atoms with E-state index in [2.05, 4.69) is 20.6 Å². The van der Waals surface area contributed by atoms with Crippen LogP contribution in [0.5, 0.6) is 0 Å².